The number of nitrogens with one attached hydrogen (secondary N) is 1. The summed E-state index contributed by atoms with van der Waals surface area (Å²) in [5.74, 6) is -0.0222. The van der Waals surface area contributed by atoms with Crippen molar-refractivity contribution in [3.63, 3.8) is 0 Å². The zero-order valence-electron chi connectivity index (χ0n) is 11.6. The van der Waals surface area contributed by atoms with Gasteiger partial charge in [0.2, 0.25) is 5.91 Å². The number of rotatable bonds is 3. The Kier molecular flexibility index (Phi) is 3.97. The van der Waals surface area contributed by atoms with Crippen LogP contribution in [0.3, 0.4) is 0 Å². The van der Waals surface area contributed by atoms with Crippen molar-refractivity contribution in [1.82, 2.24) is 20.3 Å². The minimum atomic E-state index is -0.0457. The van der Waals surface area contributed by atoms with Crippen molar-refractivity contribution < 1.29 is 9.59 Å². The molecule has 6 nitrogen and oxygen atoms in total. The number of aryl methyl sites for hydroxylation is 1. The van der Waals surface area contributed by atoms with Crippen LogP contribution in [0, 0.1) is 6.92 Å². The highest BCUT2D eigenvalue weighted by Crippen LogP contribution is 2.27. The Balaban J connectivity index is 2.00. The number of aromatic nitrogens is 3. The van der Waals surface area contributed by atoms with Gasteiger partial charge in [-0.25, -0.2) is 0 Å². The monoisotopic (exact) mass is 264 g/mol. The second-order valence-electron chi connectivity index (χ2n) is 5.22. The van der Waals surface area contributed by atoms with Crippen LogP contribution in [-0.4, -0.2) is 32.7 Å². The van der Waals surface area contributed by atoms with Crippen LogP contribution in [0.1, 0.15) is 61.8 Å². The van der Waals surface area contributed by atoms with Gasteiger partial charge in [-0.1, -0.05) is 0 Å². The first kappa shape index (κ1) is 13.7. The van der Waals surface area contributed by atoms with Gasteiger partial charge < -0.3 is 5.32 Å². The molecular formula is C13H20N4O2. The lowest BCUT2D eigenvalue weighted by Gasteiger charge is -2.28. The molecule has 1 heterocycles. The van der Waals surface area contributed by atoms with Crippen molar-refractivity contribution >= 4 is 11.7 Å². The van der Waals surface area contributed by atoms with E-state index in [1.54, 1.807) is 11.7 Å². The molecule has 1 N–H and O–H groups in total. The summed E-state index contributed by atoms with van der Waals surface area (Å²) in [6.45, 7) is 4.86. The number of carbonyl (C=O) groups excluding carboxylic acids is 2. The first-order valence-electron chi connectivity index (χ1n) is 6.69. The third-order valence-corrected chi connectivity index (χ3v) is 3.56. The van der Waals surface area contributed by atoms with Gasteiger partial charge in [0.15, 0.2) is 11.5 Å². The first-order valence-corrected chi connectivity index (χ1v) is 6.69. The molecule has 0 spiro atoms. The van der Waals surface area contributed by atoms with E-state index in [1.807, 2.05) is 6.92 Å². The Morgan fingerprint density at radius 3 is 2.26 bits per heavy atom. The summed E-state index contributed by atoms with van der Waals surface area (Å²) in [6, 6.07) is 0.495. The van der Waals surface area contributed by atoms with Crippen LogP contribution in [-0.2, 0) is 4.79 Å². The maximum Gasteiger partial charge on any atom is 0.217 e. The molecule has 1 saturated carbocycles. The van der Waals surface area contributed by atoms with E-state index in [1.165, 1.54) is 6.92 Å². The molecular weight excluding hydrogens is 244 g/mol. The second-order valence-corrected chi connectivity index (χ2v) is 5.22. The summed E-state index contributed by atoms with van der Waals surface area (Å²) < 4.78 is 0. The highest BCUT2D eigenvalue weighted by Gasteiger charge is 2.25. The highest BCUT2D eigenvalue weighted by atomic mass is 16.1. The zero-order valence-corrected chi connectivity index (χ0v) is 11.6. The van der Waals surface area contributed by atoms with Crippen molar-refractivity contribution in [3.05, 3.63) is 11.4 Å². The quantitative estimate of drug-likeness (QED) is 0.837. The SMILES string of the molecule is CC(=O)N[C@H]1CC[C@H](n2nc(C)c(C(C)=O)n2)CC1. The summed E-state index contributed by atoms with van der Waals surface area (Å²) in [5, 5.41) is 11.6. The van der Waals surface area contributed by atoms with E-state index in [0.717, 1.165) is 25.7 Å². The van der Waals surface area contributed by atoms with Crippen LogP contribution in [0.5, 0.6) is 0 Å². The van der Waals surface area contributed by atoms with Gasteiger partial charge >= 0.3 is 0 Å². The van der Waals surface area contributed by atoms with Crippen molar-refractivity contribution in [3.8, 4) is 0 Å². The number of hydrogen-bond acceptors (Lipinski definition) is 4. The Bertz CT molecular complexity index is 487. The number of nitrogens with zero attached hydrogens (tertiary/aromatic N) is 3. The van der Waals surface area contributed by atoms with Gasteiger partial charge in [-0.05, 0) is 32.6 Å². The van der Waals surface area contributed by atoms with Crippen molar-refractivity contribution in [1.29, 1.82) is 0 Å². The van der Waals surface area contributed by atoms with Crippen LogP contribution in [0.15, 0.2) is 0 Å². The van der Waals surface area contributed by atoms with Gasteiger partial charge in [-0.15, -0.1) is 5.10 Å². The summed E-state index contributed by atoms with van der Waals surface area (Å²) in [4.78, 5) is 24.1. The fraction of sp³-hybridized carbons (Fsp3) is 0.692. The predicted octanol–water partition coefficient (Wildman–Crippen LogP) is 1.41. The molecule has 1 fully saturated rings. The molecule has 0 radical (unpaired) electrons. The highest BCUT2D eigenvalue weighted by molar-refractivity contribution is 5.92. The zero-order chi connectivity index (χ0) is 14.0. The molecule has 1 aliphatic rings. The molecule has 0 atom stereocenters. The van der Waals surface area contributed by atoms with E-state index in [4.69, 9.17) is 0 Å². The normalized spacial score (nSPS) is 23.1. The molecule has 0 bridgehead atoms. The predicted molar refractivity (Wildman–Crippen MR) is 69.9 cm³/mol. The minimum Gasteiger partial charge on any atom is -0.354 e. The molecule has 1 aromatic rings. The smallest absolute Gasteiger partial charge is 0.217 e. The van der Waals surface area contributed by atoms with Gasteiger partial charge in [0.05, 0.1) is 11.7 Å². The second kappa shape index (κ2) is 5.50. The number of hydrogen-bond donors (Lipinski definition) is 1. The van der Waals surface area contributed by atoms with Crippen LogP contribution in [0.4, 0.5) is 0 Å². The fourth-order valence-electron chi connectivity index (χ4n) is 2.63. The van der Waals surface area contributed by atoms with Gasteiger partial charge in [0.1, 0.15) is 0 Å². The number of ketones is 1. The van der Waals surface area contributed by atoms with E-state index in [2.05, 4.69) is 15.5 Å². The molecule has 0 aromatic carbocycles. The van der Waals surface area contributed by atoms with Gasteiger partial charge in [-0.3, -0.25) is 9.59 Å². The van der Waals surface area contributed by atoms with E-state index in [0.29, 0.717) is 11.4 Å². The largest absolute Gasteiger partial charge is 0.354 e. The average Bonchev–Trinajstić information content (AvgIpc) is 2.71. The Labute approximate surface area is 112 Å². The van der Waals surface area contributed by atoms with Crippen LogP contribution < -0.4 is 5.32 Å². The molecule has 1 aromatic heterocycles. The third kappa shape index (κ3) is 3.19. The van der Waals surface area contributed by atoms with Gasteiger partial charge in [0, 0.05) is 19.9 Å². The fourth-order valence-corrected chi connectivity index (χ4v) is 2.63. The maximum atomic E-state index is 11.4. The molecule has 104 valence electrons. The number of Topliss-reactive ketones (excluding diaryl/α,β-unsaturated/α-hetero) is 1. The van der Waals surface area contributed by atoms with Crippen LogP contribution in [0.25, 0.3) is 0 Å². The number of carbonyl (C=O) groups is 2. The number of amides is 1. The molecule has 2 rings (SSSR count). The summed E-state index contributed by atoms with van der Waals surface area (Å²) >= 11 is 0. The van der Waals surface area contributed by atoms with Gasteiger partial charge in [0.25, 0.3) is 0 Å². The van der Waals surface area contributed by atoms with Gasteiger partial charge in [-0.2, -0.15) is 9.90 Å². The topological polar surface area (TPSA) is 76.9 Å². The lowest BCUT2D eigenvalue weighted by atomic mass is 9.91. The summed E-state index contributed by atoms with van der Waals surface area (Å²) in [5.41, 5.74) is 1.15. The van der Waals surface area contributed by atoms with Crippen molar-refractivity contribution in [2.75, 3.05) is 0 Å². The van der Waals surface area contributed by atoms with Crippen molar-refractivity contribution in [2.45, 2.75) is 58.5 Å². The van der Waals surface area contributed by atoms with E-state index in [-0.39, 0.29) is 23.8 Å². The Hall–Kier alpha value is -1.72. The van der Waals surface area contributed by atoms with E-state index < -0.39 is 0 Å². The molecule has 6 heteroatoms. The van der Waals surface area contributed by atoms with E-state index in [9.17, 15) is 9.59 Å². The molecule has 0 aliphatic heterocycles. The summed E-state index contributed by atoms with van der Waals surface area (Å²) in [7, 11) is 0. The summed E-state index contributed by atoms with van der Waals surface area (Å²) in [6.07, 6.45) is 3.72. The molecule has 0 unspecified atom stereocenters. The molecule has 1 aliphatic carbocycles. The minimum absolute atomic E-state index is 0.0235. The maximum absolute atomic E-state index is 11.4. The molecule has 1 amide bonds. The standard InChI is InChI=1S/C13H20N4O2/c1-8-13(9(2)18)16-17(15-8)12-6-4-11(5-7-12)14-10(3)19/h11-12H,4-7H2,1-3H3,(H,14,19)/t11-,12-. The van der Waals surface area contributed by atoms with Crippen LogP contribution >= 0.6 is 0 Å². The Morgan fingerprint density at radius 1 is 1.16 bits per heavy atom. The lowest BCUT2D eigenvalue weighted by molar-refractivity contribution is -0.119. The lowest BCUT2D eigenvalue weighted by Crippen LogP contribution is -2.36. The first-order chi connectivity index (χ1) is 8.97. The van der Waals surface area contributed by atoms with Crippen LogP contribution in [0.2, 0.25) is 0 Å². The molecule has 19 heavy (non-hydrogen) atoms. The third-order valence-electron chi connectivity index (χ3n) is 3.56. The van der Waals surface area contributed by atoms with Crippen molar-refractivity contribution in [2.24, 2.45) is 0 Å². The molecule has 0 saturated heterocycles. The Morgan fingerprint density at radius 2 is 1.79 bits per heavy atom. The average molecular weight is 264 g/mol. The van der Waals surface area contributed by atoms with E-state index >= 15 is 0 Å².